The van der Waals surface area contributed by atoms with E-state index in [0.29, 0.717) is 0 Å². The summed E-state index contributed by atoms with van der Waals surface area (Å²) in [5.74, 6) is 1.06. The molecule has 1 nitrogen and oxygen atoms in total. The van der Waals surface area contributed by atoms with Crippen LogP contribution < -0.4 is 5.32 Å². The molecule has 1 heteroatoms. The lowest BCUT2D eigenvalue weighted by Crippen LogP contribution is -2.09. The minimum absolute atomic E-state index is 1.06. The van der Waals surface area contributed by atoms with Gasteiger partial charge >= 0.3 is 0 Å². The molecule has 15 heavy (non-hydrogen) atoms. The van der Waals surface area contributed by atoms with E-state index < -0.39 is 0 Å². The fourth-order valence-corrected chi connectivity index (χ4v) is 2.55. The molecule has 0 saturated heterocycles. The molecule has 1 saturated carbocycles. The summed E-state index contributed by atoms with van der Waals surface area (Å²) in [6.07, 6.45) is 14.2. The smallest absolute Gasteiger partial charge is 0.0133 e. The van der Waals surface area contributed by atoms with Gasteiger partial charge in [-0.05, 0) is 25.2 Å². The molecule has 1 aliphatic carbocycles. The summed E-state index contributed by atoms with van der Waals surface area (Å²) in [6, 6.07) is 0. The van der Waals surface area contributed by atoms with Crippen molar-refractivity contribution in [2.45, 2.75) is 71.1 Å². The molecule has 1 rings (SSSR count). The summed E-state index contributed by atoms with van der Waals surface area (Å²) in [5, 5.41) is 4.60. The van der Waals surface area contributed by atoms with Crippen LogP contribution in [0.3, 0.4) is 0 Å². The third-order valence-electron chi connectivity index (χ3n) is 3.57. The minimum Gasteiger partial charge on any atom is -0.242 e. The van der Waals surface area contributed by atoms with Gasteiger partial charge in [0.05, 0.1) is 0 Å². The van der Waals surface area contributed by atoms with Crippen LogP contribution in [-0.2, 0) is 0 Å². The van der Waals surface area contributed by atoms with E-state index in [2.05, 4.69) is 12.2 Å². The van der Waals surface area contributed by atoms with Crippen molar-refractivity contribution in [3.05, 3.63) is 0 Å². The molecule has 0 aromatic heterocycles. The molecule has 0 N–H and O–H groups in total. The van der Waals surface area contributed by atoms with Crippen molar-refractivity contribution in [2.24, 2.45) is 5.92 Å². The molecular formula is C14H28N. The van der Waals surface area contributed by atoms with E-state index in [1.165, 1.54) is 64.2 Å². The third kappa shape index (κ3) is 6.94. The zero-order valence-corrected chi connectivity index (χ0v) is 10.5. The van der Waals surface area contributed by atoms with E-state index in [1.54, 1.807) is 0 Å². The Morgan fingerprint density at radius 2 is 1.67 bits per heavy atom. The van der Waals surface area contributed by atoms with Crippen LogP contribution in [0.2, 0.25) is 0 Å². The third-order valence-corrected chi connectivity index (χ3v) is 3.57. The average molecular weight is 210 g/mol. The first-order chi connectivity index (χ1) is 7.43. The lowest BCUT2D eigenvalue weighted by atomic mass is 10.0. The highest BCUT2D eigenvalue weighted by Gasteiger charge is 2.13. The Morgan fingerprint density at radius 1 is 0.933 bits per heavy atom. The predicted octanol–water partition coefficient (Wildman–Crippen LogP) is 4.14. The van der Waals surface area contributed by atoms with Crippen molar-refractivity contribution in [3.63, 3.8) is 0 Å². The maximum atomic E-state index is 4.60. The van der Waals surface area contributed by atoms with Gasteiger partial charge in [-0.25, -0.2) is 5.32 Å². The van der Waals surface area contributed by atoms with Crippen LogP contribution in [0.15, 0.2) is 0 Å². The molecule has 1 aliphatic rings. The zero-order chi connectivity index (χ0) is 10.8. The van der Waals surface area contributed by atoms with Gasteiger partial charge in [0.15, 0.2) is 0 Å². The maximum absolute atomic E-state index is 4.60. The Labute approximate surface area is 96.0 Å². The molecule has 89 valence electrons. The molecule has 0 amide bonds. The van der Waals surface area contributed by atoms with Crippen LogP contribution in [0.1, 0.15) is 71.1 Å². The van der Waals surface area contributed by atoms with Crippen molar-refractivity contribution in [1.82, 2.24) is 5.32 Å². The van der Waals surface area contributed by atoms with Gasteiger partial charge in [0.2, 0.25) is 0 Å². The van der Waals surface area contributed by atoms with E-state index in [4.69, 9.17) is 0 Å². The fourth-order valence-electron chi connectivity index (χ4n) is 2.55. The van der Waals surface area contributed by atoms with E-state index in [9.17, 15) is 0 Å². The van der Waals surface area contributed by atoms with Crippen LogP contribution in [0.25, 0.3) is 0 Å². The van der Waals surface area contributed by atoms with Crippen molar-refractivity contribution in [3.8, 4) is 0 Å². The fraction of sp³-hybridized carbons (Fsp3) is 1.00. The Morgan fingerprint density at radius 3 is 2.40 bits per heavy atom. The zero-order valence-electron chi connectivity index (χ0n) is 10.5. The van der Waals surface area contributed by atoms with Crippen molar-refractivity contribution in [1.29, 1.82) is 0 Å². The molecule has 0 aliphatic heterocycles. The second-order valence-electron chi connectivity index (χ2n) is 5.02. The van der Waals surface area contributed by atoms with Gasteiger partial charge in [0.25, 0.3) is 0 Å². The second kappa shape index (κ2) is 9.21. The highest BCUT2D eigenvalue weighted by molar-refractivity contribution is 4.67. The standard InChI is InChI=1S/C14H28N/c1-2-3-4-7-12-15-13-8-11-14-9-5-6-10-14/h14H,2-13H2,1H3. The van der Waals surface area contributed by atoms with Crippen molar-refractivity contribution >= 4 is 0 Å². The molecule has 0 atom stereocenters. The number of hydrogen-bond donors (Lipinski definition) is 0. The Bertz CT molecular complexity index is 127. The topological polar surface area (TPSA) is 14.1 Å². The lowest BCUT2D eigenvalue weighted by molar-refractivity contribution is 0.465. The van der Waals surface area contributed by atoms with Gasteiger partial charge in [-0.15, -0.1) is 0 Å². The van der Waals surface area contributed by atoms with E-state index in [-0.39, 0.29) is 0 Å². The summed E-state index contributed by atoms with van der Waals surface area (Å²) < 4.78 is 0. The SMILES string of the molecule is CCCCCC[N]CCCC1CCCC1. The average Bonchev–Trinajstić information content (AvgIpc) is 2.75. The molecule has 0 aromatic rings. The van der Waals surface area contributed by atoms with Gasteiger partial charge < -0.3 is 0 Å². The van der Waals surface area contributed by atoms with Crippen LogP contribution in [0, 0.1) is 5.92 Å². The number of rotatable bonds is 9. The van der Waals surface area contributed by atoms with Crippen LogP contribution >= 0.6 is 0 Å². The summed E-state index contributed by atoms with van der Waals surface area (Å²) >= 11 is 0. The second-order valence-corrected chi connectivity index (χ2v) is 5.02. The first-order valence-electron chi connectivity index (χ1n) is 7.06. The van der Waals surface area contributed by atoms with Gasteiger partial charge in [0, 0.05) is 13.1 Å². The van der Waals surface area contributed by atoms with Gasteiger partial charge in [-0.3, -0.25) is 0 Å². The Balaban J connectivity index is 1.73. The lowest BCUT2D eigenvalue weighted by Gasteiger charge is -2.08. The molecule has 0 aromatic carbocycles. The van der Waals surface area contributed by atoms with E-state index in [0.717, 1.165) is 19.0 Å². The highest BCUT2D eigenvalue weighted by Crippen LogP contribution is 2.28. The summed E-state index contributed by atoms with van der Waals surface area (Å²) in [4.78, 5) is 0. The van der Waals surface area contributed by atoms with Crippen molar-refractivity contribution in [2.75, 3.05) is 13.1 Å². The Kier molecular flexibility index (Phi) is 7.99. The number of hydrogen-bond acceptors (Lipinski definition) is 0. The largest absolute Gasteiger partial charge is 0.242 e. The molecule has 0 heterocycles. The molecule has 1 radical (unpaired) electrons. The first-order valence-corrected chi connectivity index (χ1v) is 7.06. The normalized spacial score (nSPS) is 17.4. The monoisotopic (exact) mass is 210 g/mol. The number of unbranched alkanes of at least 4 members (excludes halogenated alkanes) is 3. The molecule has 0 spiro atoms. The summed E-state index contributed by atoms with van der Waals surface area (Å²) in [7, 11) is 0. The van der Waals surface area contributed by atoms with Gasteiger partial charge in [-0.2, -0.15) is 0 Å². The minimum atomic E-state index is 1.06. The van der Waals surface area contributed by atoms with Crippen molar-refractivity contribution < 1.29 is 0 Å². The molecule has 1 fully saturated rings. The van der Waals surface area contributed by atoms with E-state index in [1.807, 2.05) is 0 Å². The van der Waals surface area contributed by atoms with Crippen LogP contribution in [-0.4, -0.2) is 13.1 Å². The van der Waals surface area contributed by atoms with Crippen LogP contribution in [0.5, 0.6) is 0 Å². The first kappa shape index (κ1) is 13.0. The van der Waals surface area contributed by atoms with Gasteiger partial charge in [-0.1, -0.05) is 51.9 Å². The highest BCUT2D eigenvalue weighted by atomic mass is 14.8. The summed E-state index contributed by atoms with van der Waals surface area (Å²) in [5.41, 5.74) is 0. The molecule has 0 bridgehead atoms. The maximum Gasteiger partial charge on any atom is 0.0133 e. The Hall–Kier alpha value is -0.0400. The summed E-state index contributed by atoms with van der Waals surface area (Å²) in [6.45, 7) is 4.51. The quantitative estimate of drug-likeness (QED) is 0.508. The van der Waals surface area contributed by atoms with Gasteiger partial charge in [0.1, 0.15) is 0 Å². The molecule has 0 unspecified atom stereocenters. The molecular weight excluding hydrogens is 182 g/mol. The number of nitrogens with zero attached hydrogens (tertiary/aromatic N) is 1. The van der Waals surface area contributed by atoms with E-state index >= 15 is 0 Å². The van der Waals surface area contributed by atoms with Crippen LogP contribution in [0.4, 0.5) is 0 Å². The predicted molar refractivity (Wildman–Crippen MR) is 67.2 cm³/mol.